The number of esters is 1. The number of furan rings is 1. The minimum absolute atomic E-state index is 0.0192. The molecule has 2 aromatic heterocycles. The molecule has 4 aliphatic carbocycles. The number of aromatic nitrogens is 2. The van der Waals surface area contributed by atoms with E-state index in [1.165, 1.54) is 17.9 Å². The van der Waals surface area contributed by atoms with Crippen molar-refractivity contribution in [1.82, 2.24) is 9.78 Å². The van der Waals surface area contributed by atoms with Crippen LogP contribution in [0.3, 0.4) is 0 Å². The van der Waals surface area contributed by atoms with Crippen LogP contribution in [0.1, 0.15) is 62.3 Å². The first kappa shape index (κ1) is 29.8. The Hall–Kier alpha value is -3.87. The number of hydrogen-bond donors (Lipinski definition) is 1. The van der Waals surface area contributed by atoms with Gasteiger partial charge < -0.3 is 14.3 Å². The number of rotatable bonds is 5. The predicted octanol–water partition coefficient (Wildman–Crippen LogP) is 6.41. The second-order valence-corrected chi connectivity index (χ2v) is 14.6. The van der Waals surface area contributed by atoms with E-state index >= 15 is 0 Å². The lowest BCUT2D eigenvalue weighted by Gasteiger charge is -2.59. The minimum atomic E-state index is -1.54. The van der Waals surface area contributed by atoms with Crippen molar-refractivity contribution >= 4 is 28.9 Å². The Morgan fingerprint density at radius 1 is 1.22 bits per heavy atom. The number of ether oxygens (including phenoxy) is 1. The lowest BCUT2D eigenvalue weighted by molar-refractivity contribution is -0.172. The molecule has 4 aliphatic rings. The maximum absolute atomic E-state index is 14.2. The van der Waals surface area contributed by atoms with Crippen molar-refractivity contribution in [2.75, 3.05) is 5.75 Å². The molecular formula is C36H37N3O5S. The smallest absolute Gasteiger partial charge is 0.375 e. The van der Waals surface area contributed by atoms with Crippen LogP contribution >= 0.6 is 11.8 Å². The van der Waals surface area contributed by atoms with Crippen LogP contribution in [0.2, 0.25) is 0 Å². The van der Waals surface area contributed by atoms with Crippen molar-refractivity contribution in [2.45, 2.75) is 58.7 Å². The summed E-state index contributed by atoms with van der Waals surface area (Å²) in [5.41, 5.74) is 2.80. The third-order valence-corrected chi connectivity index (χ3v) is 12.2. The van der Waals surface area contributed by atoms with Crippen LogP contribution in [0.25, 0.3) is 11.8 Å². The molecular weight excluding hydrogens is 586 g/mol. The fourth-order valence-electron chi connectivity index (χ4n) is 9.65. The molecule has 8 unspecified atom stereocenters. The molecule has 2 saturated carbocycles. The summed E-state index contributed by atoms with van der Waals surface area (Å²) in [4.78, 5) is 27.6. The first-order chi connectivity index (χ1) is 21.5. The second kappa shape index (κ2) is 10.6. The maximum atomic E-state index is 14.2. The van der Waals surface area contributed by atoms with Gasteiger partial charge in [0.25, 0.3) is 0 Å². The van der Waals surface area contributed by atoms with Crippen LogP contribution < -0.4 is 0 Å². The largest absolute Gasteiger partial charge is 0.457 e. The van der Waals surface area contributed by atoms with E-state index in [-0.39, 0.29) is 45.7 Å². The normalized spacial score (nSPS) is 34.7. The first-order valence-corrected chi connectivity index (χ1v) is 16.6. The summed E-state index contributed by atoms with van der Waals surface area (Å²) in [5.74, 6) is -1.28. The molecule has 9 heteroatoms. The topological polar surface area (TPSA) is 118 Å². The van der Waals surface area contributed by atoms with E-state index in [0.717, 1.165) is 40.7 Å². The second-order valence-electron chi connectivity index (χ2n) is 13.7. The van der Waals surface area contributed by atoms with Crippen LogP contribution in [0.5, 0.6) is 0 Å². The third kappa shape index (κ3) is 4.18. The molecule has 0 radical (unpaired) electrons. The molecule has 8 nitrogen and oxygen atoms in total. The van der Waals surface area contributed by atoms with Crippen molar-refractivity contribution in [2.24, 2.45) is 34.5 Å². The van der Waals surface area contributed by atoms with E-state index < -0.39 is 23.1 Å². The average molecular weight is 624 g/mol. The molecule has 2 heterocycles. The molecule has 0 saturated heterocycles. The number of carbonyl (C=O) groups is 2. The Morgan fingerprint density at radius 2 is 2.00 bits per heavy atom. The lowest BCUT2D eigenvalue weighted by atomic mass is 9.46. The standard InChI is InChI=1S/C36H37N3O5S/c1-21-15-25-27-16-22(2)36(33(42)45-14-12-37,44-32(41)30-11-8-13-43-30)35(27,4)19-29(40)31(25)34(3)18-23-20-38-39(28(23)17-26(21)34)24-9-6-5-7-10-24/h5-11,13,15,17,20,22,25,27,29,31,40H,14,16,18-19H2,1-4H3. The molecule has 0 bridgehead atoms. The van der Waals surface area contributed by atoms with Gasteiger partial charge in [-0.2, -0.15) is 10.4 Å². The summed E-state index contributed by atoms with van der Waals surface area (Å²) < 4.78 is 13.6. The highest BCUT2D eigenvalue weighted by Crippen LogP contribution is 2.69. The Bertz CT molecular complexity index is 1770. The van der Waals surface area contributed by atoms with Crippen molar-refractivity contribution < 1.29 is 23.8 Å². The number of para-hydroxylation sites is 1. The first-order valence-electron chi connectivity index (χ1n) is 15.6. The van der Waals surface area contributed by atoms with E-state index in [9.17, 15) is 20.0 Å². The third-order valence-electron chi connectivity index (χ3n) is 11.4. The molecule has 0 spiro atoms. The van der Waals surface area contributed by atoms with Crippen LogP contribution in [-0.4, -0.2) is 43.4 Å². The number of nitriles is 1. The summed E-state index contributed by atoms with van der Waals surface area (Å²) in [6, 6.07) is 15.3. The molecule has 45 heavy (non-hydrogen) atoms. The Balaban J connectivity index is 1.31. The molecule has 7 rings (SSSR count). The molecule has 1 aromatic carbocycles. The highest BCUT2D eigenvalue weighted by Gasteiger charge is 2.73. The number of allylic oxidation sites excluding steroid dienone is 3. The number of thioether (sulfide) groups is 1. The molecule has 232 valence electrons. The van der Waals surface area contributed by atoms with Gasteiger partial charge in [-0.3, -0.25) is 4.79 Å². The number of hydrogen-bond acceptors (Lipinski definition) is 8. The minimum Gasteiger partial charge on any atom is -0.457 e. The SMILES string of the molecule is CC1=CC2C(C(O)CC3(C)C2CC(C)C3(OC(=O)c2ccco2)C(=O)SCC#N)C2(C)Cc3cnn(-c4ccccc4)c3C=C12. The zero-order chi connectivity index (χ0) is 31.7. The maximum Gasteiger partial charge on any atom is 0.375 e. The number of benzene rings is 1. The van der Waals surface area contributed by atoms with E-state index in [1.807, 2.05) is 61.1 Å². The van der Waals surface area contributed by atoms with Gasteiger partial charge in [0.1, 0.15) is 0 Å². The number of nitrogens with zero attached hydrogens (tertiary/aromatic N) is 3. The quantitative estimate of drug-likeness (QED) is 0.324. The van der Waals surface area contributed by atoms with Crippen molar-refractivity contribution in [3.8, 4) is 11.8 Å². The summed E-state index contributed by atoms with van der Waals surface area (Å²) in [6.07, 6.45) is 8.79. The van der Waals surface area contributed by atoms with Gasteiger partial charge >= 0.3 is 5.97 Å². The number of aliphatic hydroxyl groups excluding tert-OH is 1. The van der Waals surface area contributed by atoms with E-state index in [0.29, 0.717) is 12.8 Å². The van der Waals surface area contributed by atoms with Crippen molar-refractivity contribution in [3.63, 3.8) is 0 Å². The lowest BCUT2D eigenvalue weighted by Crippen LogP contribution is -2.63. The Morgan fingerprint density at radius 3 is 2.71 bits per heavy atom. The van der Waals surface area contributed by atoms with Crippen LogP contribution in [0.4, 0.5) is 0 Å². The predicted molar refractivity (Wildman–Crippen MR) is 170 cm³/mol. The zero-order valence-corrected chi connectivity index (χ0v) is 26.7. The summed E-state index contributed by atoms with van der Waals surface area (Å²) in [7, 11) is 0. The van der Waals surface area contributed by atoms with Gasteiger partial charge in [-0.25, -0.2) is 9.48 Å². The van der Waals surface area contributed by atoms with Crippen LogP contribution in [-0.2, 0) is 16.0 Å². The zero-order valence-electron chi connectivity index (χ0n) is 25.9. The number of aliphatic hydroxyl groups is 1. The van der Waals surface area contributed by atoms with Crippen LogP contribution in [0, 0.1) is 45.8 Å². The van der Waals surface area contributed by atoms with E-state index in [4.69, 9.17) is 14.3 Å². The van der Waals surface area contributed by atoms with E-state index in [2.05, 4.69) is 26.0 Å². The summed E-state index contributed by atoms with van der Waals surface area (Å²) in [5, 5.41) is 26.0. The van der Waals surface area contributed by atoms with Gasteiger partial charge in [0, 0.05) is 22.7 Å². The van der Waals surface area contributed by atoms with Gasteiger partial charge in [-0.05, 0) is 79.5 Å². The van der Waals surface area contributed by atoms with Crippen molar-refractivity contribution in [3.05, 3.63) is 89.2 Å². The monoisotopic (exact) mass is 623 g/mol. The number of fused-ring (bicyclic) bond motifs is 6. The molecule has 0 aliphatic heterocycles. The number of carbonyl (C=O) groups excluding carboxylic acids is 2. The fourth-order valence-corrected chi connectivity index (χ4v) is 10.5. The van der Waals surface area contributed by atoms with Gasteiger partial charge in [0.05, 0.1) is 41.8 Å². The van der Waals surface area contributed by atoms with Gasteiger partial charge in [-0.1, -0.05) is 62.4 Å². The molecule has 1 N–H and O–H groups in total. The highest BCUT2D eigenvalue weighted by atomic mass is 32.2. The molecule has 3 aromatic rings. The molecule has 0 amide bonds. The molecule has 2 fully saturated rings. The summed E-state index contributed by atoms with van der Waals surface area (Å²) in [6.45, 7) is 8.37. The molecule has 8 atom stereocenters. The Labute approximate surface area is 267 Å². The fraction of sp³-hybridized carbons (Fsp3) is 0.444. The van der Waals surface area contributed by atoms with Gasteiger partial charge in [0.2, 0.25) is 10.9 Å². The van der Waals surface area contributed by atoms with Crippen LogP contribution in [0.15, 0.2) is 76.6 Å². The van der Waals surface area contributed by atoms with E-state index in [1.54, 1.807) is 6.07 Å². The highest BCUT2D eigenvalue weighted by molar-refractivity contribution is 8.14. The van der Waals surface area contributed by atoms with Gasteiger partial charge in [-0.15, -0.1) is 0 Å². The summed E-state index contributed by atoms with van der Waals surface area (Å²) >= 11 is 0.888. The average Bonchev–Trinajstić information content (AvgIpc) is 3.74. The van der Waals surface area contributed by atoms with Crippen molar-refractivity contribution in [1.29, 1.82) is 5.26 Å². The van der Waals surface area contributed by atoms with Gasteiger partial charge in [0.15, 0.2) is 5.60 Å². The Kier molecular flexibility index (Phi) is 7.03.